The van der Waals surface area contributed by atoms with Crippen LogP contribution in [0.4, 0.5) is 0 Å². The molecule has 0 radical (unpaired) electrons. The van der Waals surface area contributed by atoms with Crippen LogP contribution in [0, 0.1) is 0 Å². The number of benzene rings is 2. The first-order valence-corrected chi connectivity index (χ1v) is 9.89. The lowest BCUT2D eigenvalue weighted by Crippen LogP contribution is -2.28. The van der Waals surface area contributed by atoms with Gasteiger partial charge in [0.2, 0.25) is 0 Å². The monoisotopic (exact) mass is 345 g/mol. The van der Waals surface area contributed by atoms with E-state index in [0.717, 1.165) is 25.9 Å². The van der Waals surface area contributed by atoms with Crippen molar-refractivity contribution in [2.45, 2.75) is 29.4 Å². The Morgan fingerprint density at radius 2 is 1.75 bits per heavy atom. The average Bonchev–Trinajstić information content (AvgIpc) is 3.06. The summed E-state index contributed by atoms with van der Waals surface area (Å²) in [4.78, 5) is 2.54. The molecule has 1 aliphatic rings. The second-order valence-corrected chi connectivity index (χ2v) is 8.57. The lowest BCUT2D eigenvalue weighted by Gasteiger charge is -2.16. The summed E-state index contributed by atoms with van der Waals surface area (Å²) < 4.78 is 25.4. The maximum Gasteiger partial charge on any atom is 0.182 e. The van der Waals surface area contributed by atoms with Crippen molar-refractivity contribution >= 4 is 9.84 Å². The van der Waals surface area contributed by atoms with Gasteiger partial charge in [0, 0.05) is 6.54 Å². The maximum absolute atomic E-state index is 12.7. The molecule has 1 saturated heterocycles. The highest BCUT2D eigenvalue weighted by molar-refractivity contribution is 7.92. The number of aryl methyl sites for hydroxylation is 1. The number of hydrogen-bond acceptors (Lipinski definition) is 4. The van der Waals surface area contributed by atoms with Gasteiger partial charge in [-0.05, 0) is 62.2 Å². The first kappa shape index (κ1) is 17.0. The summed E-state index contributed by atoms with van der Waals surface area (Å²) in [6.07, 6.45) is 2.73. The predicted octanol–water partition coefficient (Wildman–Crippen LogP) is 2.87. The molecule has 0 spiro atoms. The third kappa shape index (κ3) is 3.97. The van der Waals surface area contributed by atoms with Gasteiger partial charge in [-0.25, -0.2) is 8.42 Å². The zero-order chi connectivity index (χ0) is 17.0. The first-order valence-electron chi connectivity index (χ1n) is 8.35. The molecule has 1 aliphatic heterocycles. The van der Waals surface area contributed by atoms with Crippen LogP contribution in [0.15, 0.2) is 59.5 Å². The van der Waals surface area contributed by atoms with E-state index in [4.69, 9.17) is 0 Å². The molecule has 1 fully saturated rings. The maximum atomic E-state index is 12.7. The Balaban J connectivity index is 1.54. The Hall–Kier alpha value is -1.85. The number of phenolic OH excluding ortho intramolecular Hbond substituents is 1. The van der Waals surface area contributed by atoms with E-state index >= 15 is 0 Å². The molecule has 0 saturated carbocycles. The lowest BCUT2D eigenvalue weighted by molar-refractivity contribution is 0.334. The second kappa shape index (κ2) is 7.36. The third-order valence-electron chi connectivity index (χ3n) is 4.62. The van der Waals surface area contributed by atoms with Gasteiger partial charge in [0.15, 0.2) is 9.84 Å². The summed E-state index contributed by atoms with van der Waals surface area (Å²) in [5.41, 5.74) is 1.32. The minimum atomic E-state index is -3.32. The number of aromatic hydroxyl groups is 1. The molecule has 3 rings (SSSR count). The molecule has 0 aliphatic carbocycles. The number of sulfone groups is 1. The Morgan fingerprint density at radius 1 is 1.04 bits per heavy atom. The largest absolute Gasteiger partial charge is 0.508 e. The van der Waals surface area contributed by atoms with Crippen molar-refractivity contribution in [3.05, 3.63) is 60.2 Å². The van der Waals surface area contributed by atoms with Gasteiger partial charge < -0.3 is 10.0 Å². The van der Waals surface area contributed by atoms with Crippen molar-refractivity contribution in [1.29, 1.82) is 0 Å². The number of nitrogens with zero attached hydrogens (tertiary/aromatic N) is 1. The Kier molecular flexibility index (Phi) is 5.21. The van der Waals surface area contributed by atoms with Gasteiger partial charge in [-0.2, -0.15) is 0 Å². The fourth-order valence-electron chi connectivity index (χ4n) is 3.23. The highest BCUT2D eigenvalue weighted by Gasteiger charge is 2.33. The molecule has 2 aromatic carbocycles. The van der Waals surface area contributed by atoms with Crippen molar-refractivity contribution in [3.8, 4) is 5.75 Å². The van der Waals surface area contributed by atoms with Crippen LogP contribution in [0.5, 0.6) is 5.75 Å². The quantitative estimate of drug-likeness (QED) is 0.875. The molecule has 0 bridgehead atoms. The zero-order valence-corrected chi connectivity index (χ0v) is 14.5. The summed E-state index contributed by atoms with van der Waals surface area (Å²) in [5.74, 6) is 0.0860. The number of rotatable bonds is 6. The van der Waals surface area contributed by atoms with Crippen LogP contribution in [0.3, 0.4) is 0 Å². The second-order valence-electron chi connectivity index (χ2n) is 6.34. The number of likely N-dealkylation sites (tertiary alicyclic amines) is 1. The fourth-order valence-corrected chi connectivity index (χ4v) is 4.96. The van der Waals surface area contributed by atoms with E-state index in [2.05, 4.69) is 17.0 Å². The molecule has 1 atom stereocenters. The van der Waals surface area contributed by atoms with Gasteiger partial charge in [0.05, 0.1) is 10.1 Å². The van der Waals surface area contributed by atoms with Gasteiger partial charge in [0.1, 0.15) is 5.75 Å². The SMILES string of the molecule is O=S(=O)(c1ccc(O)cc1)C1CCN(CCCc2ccccc2)C1. The van der Waals surface area contributed by atoms with Crippen LogP contribution in [0.1, 0.15) is 18.4 Å². The van der Waals surface area contributed by atoms with Crippen molar-refractivity contribution in [1.82, 2.24) is 4.90 Å². The van der Waals surface area contributed by atoms with Crippen molar-refractivity contribution < 1.29 is 13.5 Å². The van der Waals surface area contributed by atoms with Crippen LogP contribution in [0.2, 0.25) is 0 Å². The van der Waals surface area contributed by atoms with E-state index in [1.54, 1.807) is 0 Å². The van der Waals surface area contributed by atoms with Crippen LogP contribution < -0.4 is 0 Å². The summed E-state index contributed by atoms with van der Waals surface area (Å²) in [5, 5.41) is 8.97. The van der Waals surface area contributed by atoms with Gasteiger partial charge in [0.25, 0.3) is 0 Å². The van der Waals surface area contributed by atoms with Gasteiger partial charge in [-0.1, -0.05) is 30.3 Å². The standard InChI is InChI=1S/C19H23NO3S/c21-17-8-10-18(11-9-17)24(22,23)19-12-14-20(15-19)13-4-7-16-5-2-1-3-6-16/h1-3,5-6,8-11,19,21H,4,7,12-15H2. The Labute approximate surface area is 143 Å². The number of phenols is 1. The Bertz CT molecular complexity index is 757. The molecule has 2 aromatic rings. The van der Waals surface area contributed by atoms with Gasteiger partial charge in [-0.3, -0.25) is 0 Å². The molecule has 24 heavy (non-hydrogen) atoms. The molecule has 1 heterocycles. The molecule has 128 valence electrons. The highest BCUT2D eigenvalue weighted by Crippen LogP contribution is 2.25. The normalized spacial score (nSPS) is 18.8. The molecule has 4 nitrogen and oxygen atoms in total. The van der Waals surface area contributed by atoms with Gasteiger partial charge in [-0.15, -0.1) is 0 Å². The molecule has 5 heteroatoms. The molecular weight excluding hydrogens is 322 g/mol. The average molecular weight is 345 g/mol. The molecule has 1 unspecified atom stereocenters. The van der Waals surface area contributed by atoms with Crippen molar-refractivity contribution in [3.63, 3.8) is 0 Å². The topological polar surface area (TPSA) is 57.6 Å². The van der Waals surface area contributed by atoms with Crippen LogP contribution in [0.25, 0.3) is 0 Å². The third-order valence-corrected chi connectivity index (χ3v) is 6.81. The van der Waals surface area contributed by atoms with E-state index in [9.17, 15) is 13.5 Å². The summed E-state index contributed by atoms with van der Waals surface area (Å²) in [6.45, 7) is 2.35. The molecule has 0 amide bonds. The molecule has 1 N–H and O–H groups in total. The summed E-state index contributed by atoms with van der Waals surface area (Å²) >= 11 is 0. The summed E-state index contributed by atoms with van der Waals surface area (Å²) in [6, 6.07) is 16.2. The fraction of sp³-hybridized carbons (Fsp3) is 0.368. The van der Waals surface area contributed by atoms with E-state index in [-0.39, 0.29) is 11.0 Å². The Morgan fingerprint density at radius 3 is 2.46 bits per heavy atom. The molecular formula is C19H23NO3S. The number of hydrogen-bond donors (Lipinski definition) is 1. The summed E-state index contributed by atoms with van der Waals surface area (Å²) in [7, 11) is -3.32. The lowest BCUT2D eigenvalue weighted by atomic mass is 10.1. The van der Waals surface area contributed by atoms with E-state index in [1.165, 1.54) is 29.8 Å². The molecule has 0 aromatic heterocycles. The highest BCUT2D eigenvalue weighted by atomic mass is 32.2. The minimum absolute atomic E-state index is 0.0860. The van der Waals surface area contributed by atoms with Crippen LogP contribution >= 0.6 is 0 Å². The zero-order valence-electron chi connectivity index (χ0n) is 13.6. The smallest absolute Gasteiger partial charge is 0.182 e. The minimum Gasteiger partial charge on any atom is -0.508 e. The van der Waals surface area contributed by atoms with Gasteiger partial charge >= 0.3 is 0 Å². The van der Waals surface area contributed by atoms with Crippen molar-refractivity contribution in [2.24, 2.45) is 0 Å². The van der Waals surface area contributed by atoms with E-state index in [1.807, 2.05) is 18.2 Å². The van der Waals surface area contributed by atoms with Crippen molar-refractivity contribution in [2.75, 3.05) is 19.6 Å². The predicted molar refractivity (Wildman–Crippen MR) is 94.9 cm³/mol. The van der Waals surface area contributed by atoms with Crippen LogP contribution in [-0.4, -0.2) is 43.3 Å². The van der Waals surface area contributed by atoms with E-state index in [0.29, 0.717) is 17.9 Å². The van der Waals surface area contributed by atoms with Crippen LogP contribution in [-0.2, 0) is 16.3 Å². The first-order chi connectivity index (χ1) is 11.6. The van der Waals surface area contributed by atoms with E-state index < -0.39 is 9.84 Å².